The lowest BCUT2D eigenvalue weighted by Gasteiger charge is -2.06. The number of methoxy groups -OCH3 is 1. The number of ether oxygens (including phenoxy) is 2. The van der Waals surface area contributed by atoms with Gasteiger partial charge in [0.15, 0.2) is 0 Å². The Hall–Kier alpha value is -1.88. The van der Waals surface area contributed by atoms with Crippen molar-refractivity contribution < 1.29 is 19.1 Å². The number of esters is 1. The number of anilines is 1. The van der Waals surface area contributed by atoms with Gasteiger partial charge >= 0.3 is 5.97 Å². The fourth-order valence-electron chi connectivity index (χ4n) is 1.23. The second kappa shape index (κ2) is 6.65. The molecule has 0 radical (unpaired) electrons. The van der Waals surface area contributed by atoms with Crippen molar-refractivity contribution in [3.05, 3.63) is 29.8 Å². The molecule has 1 aromatic rings. The van der Waals surface area contributed by atoms with Gasteiger partial charge in [-0.2, -0.15) is 0 Å². The van der Waals surface area contributed by atoms with E-state index in [0.29, 0.717) is 17.9 Å². The average molecular weight is 237 g/mol. The van der Waals surface area contributed by atoms with Gasteiger partial charge in [-0.1, -0.05) is 6.07 Å². The van der Waals surface area contributed by atoms with Crippen molar-refractivity contribution in [2.45, 2.75) is 6.92 Å². The molecule has 0 aromatic heterocycles. The summed E-state index contributed by atoms with van der Waals surface area (Å²) in [5.41, 5.74) is 0.930. The number of benzene rings is 1. The topological polar surface area (TPSA) is 64.6 Å². The Morgan fingerprint density at radius 1 is 1.35 bits per heavy atom. The van der Waals surface area contributed by atoms with E-state index in [4.69, 9.17) is 4.74 Å². The van der Waals surface area contributed by atoms with Crippen LogP contribution in [0.1, 0.15) is 17.3 Å². The molecule has 5 heteroatoms. The molecule has 0 heterocycles. The molecule has 0 atom stereocenters. The van der Waals surface area contributed by atoms with Crippen LogP contribution < -0.4 is 5.32 Å². The summed E-state index contributed by atoms with van der Waals surface area (Å²) in [7, 11) is 1.31. The van der Waals surface area contributed by atoms with Crippen molar-refractivity contribution in [1.82, 2.24) is 0 Å². The van der Waals surface area contributed by atoms with Gasteiger partial charge in [0.05, 0.1) is 12.7 Å². The molecule has 0 saturated heterocycles. The zero-order valence-corrected chi connectivity index (χ0v) is 9.86. The number of carbonyl (C=O) groups is 2. The van der Waals surface area contributed by atoms with Crippen molar-refractivity contribution in [1.29, 1.82) is 0 Å². The number of amides is 1. The molecule has 0 aliphatic heterocycles. The summed E-state index contributed by atoms with van der Waals surface area (Å²) >= 11 is 0. The van der Waals surface area contributed by atoms with E-state index in [-0.39, 0.29) is 12.5 Å². The van der Waals surface area contributed by atoms with E-state index in [1.54, 1.807) is 24.3 Å². The summed E-state index contributed by atoms with van der Waals surface area (Å²) in [5, 5.41) is 2.62. The van der Waals surface area contributed by atoms with Gasteiger partial charge in [-0.15, -0.1) is 0 Å². The number of hydrogen-bond acceptors (Lipinski definition) is 4. The first-order valence-electron chi connectivity index (χ1n) is 5.23. The highest BCUT2D eigenvalue weighted by Gasteiger charge is 2.07. The molecular formula is C12H15NO4. The Balaban J connectivity index is 2.65. The van der Waals surface area contributed by atoms with Gasteiger partial charge in [0, 0.05) is 12.3 Å². The van der Waals surface area contributed by atoms with E-state index >= 15 is 0 Å². The maximum absolute atomic E-state index is 11.4. The minimum Gasteiger partial charge on any atom is -0.465 e. The summed E-state index contributed by atoms with van der Waals surface area (Å²) in [6.07, 6.45) is 0. The van der Waals surface area contributed by atoms with Crippen molar-refractivity contribution in [3.8, 4) is 0 Å². The van der Waals surface area contributed by atoms with Crippen LogP contribution in [0, 0.1) is 0 Å². The van der Waals surface area contributed by atoms with Crippen molar-refractivity contribution >= 4 is 17.6 Å². The van der Waals surface area contributed by atoms with Crippen molar-refractivity contribution in [3.63, 3.8) is 0 Å². The summed E-state index contributed by atoms with van der Waals surface area (Å²) in [5.74, 6) is -0.695. The summed E-state index contributed by atoms with van der Waals surface area (Å²) in [4.78, 5) is 22.6. The van der Waals surface area contributed by atoms with Gasteiger partial charge in [-0.3, -0.25) is 4.79 Å². The maximum Gasteiger partial charge on any atom is 0.337 e. The number of hydrogen-bond donors (Lipinski definition) is 1. The molecule has 0 saturated carbocycles. The van der Waals surface area contributed by atoms with Gasteiger partial charge in [0.2, 0.25) is 5.91 Å². The molecule has 17 heavy (non-hydrogen) atoms. The Morgan fingerprint density at radius 2 is 2.12 bits per heavy atom. The van der Waals surface area contributed by atoms with Crippen LogP contribution in [-0.4, -0.2) is 32.2 Å². The highest BCUT2D eigenvalue weighted by Crippen LogP contribution is 2.11. The SMILES string of the molecule is CCOCC(=O)Nc1cccc(C(=O)OC)c1. The van der Waals surface area contributed by atoms with E-state index in [1.807, 2.05) is 6.92 Å². The van der Waals surface area contributed by atoms with Crippen LogP contribution >= 0.6 is 0 Å². The third-order valence-corrected chi connectivity index (χ3v) is 2.00. The standard InChI is InChI=1S/C12H15NO4/c1-3-17-8-11(14)13-10-6-4-5-9(7-10)12(15)16-2/h4-7H,3,8H2,1-2H3,(H,13,14). The first kappa shape index (κ1) is 13.2. The molecule has 1 aromatic carbocycles. The average Bonchev–Trinajstić information content (AvgIpc) is 2.35. The van der Waals surface area contributed by atoms with Crippen LogP contribution in [0.3, 0.4) is 0 Å². The van der Waals surface area contributed by atoms with Crippen LogP contribution in [-0.2, 0) is 14.3 Å². The number of rotatable bonds is 5. The molecule has 5 nitrogen and oxygen atoms in total. The Bertz CT molecular complexity index is 403. The number of nitrogens with one attached hydrogen (secondary N) is 1. The van der Waals surface area contributed by atoms with Crippen LogP contribution in [0.2, 0.25) is 0 Å². The molecule has 0 unspecified atom stereocenters. The molecular weight excluding hydrogens is 222 g/mol. The fourth-order valence-corrected chi connectivity index (χ4v) is 1.23. The lowest BCUT2D eigenvalue weighted by molar-refractivity contribution is -0.120. The Morgan fingerprint density at radius 3 is 2.76 bits per heavy atom. The highest BCUT2D eigenvalue weighted by atomic mass is 16.5. The zero-order chi connectivity index (χ0) is 12.7. The molecule has 1 amide bonds. The van der Waals surface area contributed by atoms with Crippen molar-refractivity contribution in [2.75, 3.05) is 25.6 Å². The first-order valence-corrected chi connectivity index (χ1v) is 5.23. The fraction of sp³-hybridized carbons (Fsp3) is 0.333. The number of carbonyl (C=O) groups excluding carboxylic acids is 2. The summed E-state index contributed by atoms with van der Waals surface area (Å²) in [6.45, 7) is 2.29. The van der Waals surface area contributed by atoms with Gasteiger partial charge in [-0.05, 0) is 25.1 Å². The van der Waals surface area contributed by atoms with E-state index in [9.17, 15) is 9.59 Å². The highest BCUT2D eigenvalue weighted by molar-refractivity contribution is 5.94. The smallest absolute Gasteiger partial charge is 0.337 e. The normalized spacial score (nSPS) is 9.76. The third-order valence-electron chi connectivity index (χ3n) is 2.00. The quantitative estimate of drug-likeness (QED) is 0.787. The molecule has 1 N–H and O–H groups in total. The predicted molar refractivity (Wildman–Crippen MR) is 62.9 cm³/mol. The molecule has 0 aliphatic rings. The maximum atomic E-state index is 11.4. The van der Waals surface area contributed by atoms with Crippen LogP contribution in [0.4, 0.5) is 5.69 Å². The minimum atomic E-state index is -0.439. The van der Waals surface area contributed by atoms with E-state index in [0.717, 1.165) is 0 Å². The Labute approximate surface area is 99.7 Å². The lowest BCUT2D eigenvalue weighted by Crippen LogP contribution is -2.18. The van der Waals surface area contributed by atoms with Gasteiger partial charge < -0.3 is 14.8 Å². The van der Waals surface area contributed by atoms with Crippen molar-refractivity contribution in [2.24, 2.45) is 0 Å². The monoisotopic (exact) mass is 237 g/mol. The molecule has 92 valence electrons. The van der Waals surface area contributed by atoms with Crippen LogP contribution in [0.5, 0.6) is 0 Å². The Kier molecular flexibility index (Phi) is 5.16. The second-order valence-corrected chi connectivity index (χ2v) is 3.26. The first-order chi connectivity index (χ1) is 8.17. The molecule has 0 aliphatic carbocycles. The zero-order valence-electron chi connectivity index (χ0n) is 9.86. The minimum absolute atomic E-state index is 0.00104. The van der Waals surface area contributed by atoms with E-state index in [2.05, 4.69) is 10.1 Å². The predicted octanol–water partition coefficient (Wildman–Crippen LogP) is 1.45. The van der Waals surface area contributed by atoms with Gasteiger partial charge in [-0.25, -0.2) is 4.79 Å². The van der Waals surface area contributed by atoms with E-state index in [1.165, 1.54) is 7.11 Å². The second-order valence-electron chi connectivity index (χ2n) is 3.26. The van der Waals surface area contributed by atoms with Crippen LogP contribution in [0.15, 0.2) is 24.3 Å². The van der Waals surface area contributed by atoms with Gasteiger partial charge in [0.25, 0.3) is 0 Å². The molecule has 1 rings (SSSR count). The molecule has 0 fully saturated rings. The summed E-state index contributed by atoms with van der Waals surface area (Å²) in [6, 6.07) is 6.53. The third kappa shape index (κ3) is 4.24. The van der Waals surface area contributed by atoms with Crippen LogP contribution in [0.25, 0.3) is 0 Å². The molecule has 0 spiro atoms. The van der Waals surface area contributed by atoms with Gasteiger partial charge in [0.1, 0.15) is 6.61 Å². The lowest BCUT2D eigenvalue weighted by atomic mass is 10.2. The largest absolute Gasteiger partial charge is 0.465 e. The molecule has 0 bridgehead atoms. The summed E-state index contributed by atoms with van der Waals surface area (Å²) < 4.78 is 9.55. The van der Waals surface area contributed by atoms with E-state index < -0.39 is 5.97 Å².